The quantitative estimate of drug-likeness (QED) is 0.769. The topological polar surface area (TPSA) is 26.3 Å². The van der Waals surface area contributed by atoms with Crippen LogP contribution in [0, 0.1) is 17.3 Å². The Morgan fingerprint density at radius 1 is 1.18 bits per heavy atom. The standard InChI is InChI=1S/C20H26O2/c1-22-18(21)13-19-10-15-6-5-9-20(14-19,12-16(15)11-19)17-7-3-2-4-8-17/h2-4,7-8,15-16H,5-6,9-14H2,1H3. The summed E-state index contributed by atoms with van der Waals surface area (Å²) in [5.41, 5.74) is 2.02. The molecule has 4 unspecified atom stereocenters. The summed E-state index contributed by atoms with van der Waals surface area (Å²) in [6.45, 7) is 0. The molecule has 4 rings (SSSR count). The van der Waals surface area contributed by atoms with E-state index < -0.39 is 0 Å². The van der Waals surface area contributed by atoms with Crippen molar-refractivity contribution in [3.8, 4) is 0 Å². The number of hydrogen-bond donors (Lipinski definition) is 0. The monoisotopic (exact) mass is 298 g/mol. The van der Waals surface area contributed by atoms with Gasteiger partial charge in [0, 0.05) is 0 Å². The van der Waals surface area contributed by atoms with Gasteiger partial charge in [0.15, 0.2) is 0 Å². The molecule has 0 saturated heterocycles. The summed E-state index contributed by atoms with van der Waals surface area (Å²) in [4.78, 5) is 12.0. The van der Waals surface area contributed by atoms with Gasteiger partial charge in [-0.1, -0.05) is 43.2 Å². The van der Waals surface area contributed by atoms with Crippen molar-refractivity contribution in [2.45, 2.75) is 56.8 Å². The Hall–Kier alpha value is -1.31. The lowest BCUT2D eigenvalue weighted by Gasteiger charge is -2.46. The molecule has 3 bridgehead atoms. The van der Waals surface area contributed by atoms with Crippen LogP contribution in [0.25, 0.3) is 0 Å². The van der Waals surface area contributed by atoms with E-state index in [0.29, 0.717) is 11.8 Å². The molecule has 3 fully saturated rings. The third kappa shape index (κ3) is 2.19. The first-order valence-electron chi connectivity index (χ1n) is 8.77. The fraction of sp³-hybridized carbons (Fsp3) is 0.650. The molecule has 1 aromatic rings. The molecule has 3 aliphatic rings. The number of esters is 1. The van der Waals surface area contributed by atoms with Gasteiger partial charge in [0.2, 0.25) is 0 Å². The first-order valence-corrected chi connectivity index (χ1v) is 8.77. The molecule has 0 aliphatic heterocycles. The van der Waals surface area contributed by atoms with E-state index in [1.807, 2.05) is 0 Å². The molecule has 4 atom stereocenters. The molecule has 0 spiro atoms. The first kappa shape index (κ1) is 14.3. The Labute approximate surface area is 133 Å². The number of carbonyl (C=O) groups excluding carboxylic acids is 1. The molecule has 118 valence electrons. The van der Waals surface area contributed by atoms with E-state index in [1.165, 1.54) is 57.6 Å². The van der Waals surface area contributed by atoms with Crippen LogP contribution >= 0.6 is 0 Å². The molecule has 2 nitrogen and oxygen atoms in total. The second-order valence-electron chi connectivity index (χ2n) is 8.10. The summed E-state index contributed by atoms with van der Waals surface area (Å²) in [5, 5.41) is 0. The molecule has 2 heteroatoms. The van der Waals surface area contributed by atoms with Gasteiger partial charge >= 0.3 is 5.97 Å². The largest absolute Gasteiger partial charge is 0.469 e. The maximum Gasteiger partial charge on any atom is 0.306 e. The van der Waals surface area contributed by atoms with Gasteiger partial charge in [0.25, 0.3) is 0 Å². The Morgan fingerprint density at radius 3 is 2.73 bits per heavy atom. The third-order valence-corrected chi connectivity index (χ3v) is 6.79. The van der Waals surface area contributed by atoms with Crippen LogP contribution in [0.1, 0.15) is 56.9 Å². The van der Waals surface area contributed by atoms with Crippen LogP contribution in [0.2, 0.25) is 0 Å². The average molecular weight is 298 g/mol. The van der Waals surface area contributed by atoms with Crippen LogP contribution < -0.4 is 0 Å². The lowest BCUT2D eigenvalue weighted by molar-refractivity contribution is -0.144. The summed E-state index contributed by atoms with van der Waals surface area (Å²) >= 11 is 0. The fourth-order valence-electron chi connectivity index (χ4n) is 6.18. The highest BCUT2D eigenvalue weighted by atomic mass is 16.5. The Balaban J connectivity index is 1.72. The number of hydrogen-bond acceptors (Lipinski definition) is 2. The summed E-state index contributed by atoms with van der Waals surface area (Å²) in [5.74, 6) is 1.66. The highest BCUT2D eigenvalue weighted by Crippen LogP contribution is 2.65. The smallest absolute Gasteiger partial charge is 0.306 e. The fourth-order valence-corrected chi connectivity index (χ4v) is 6.18. The number of carbonyl (C=O) groups is 1. The molecule has 0 radical (unpaired) electrons. The molecular formula is C20H26O2. The number of rotatable bonds is 3. The Kier molecular flexibility index (Phi) is 3.32. The minimum Gasteiger partial charge on any atom is -0.469 e. The van der Waals surface area contributed by atoms with Crippen molar-refractivity contribution in [2.75, 3.05) is 7.11 Å². The summed E-state index contributed by atoms with van der Waals surface area (Å²) in [6.07, 6.45) is 9.67. The van der Waals surface area contributed by atoms with Crippen LogP contribution in [0.15, 0.2) is 30.3 Å². The predicted octanol–water partition coefficient (Wildman–Crippen LogP) is 4.48. The molecule has 1 aromatic carbocycles. The van der Waals surface area contributed by atoms with Crippen molar-refractivity contribution in [3.05, 3.63) is 35.9 Å². The van der Waals surface area contributed by atoms with Gasteiger partial charge in [-0.25, -0.2) is 0 Å². The summed E-state index contributed by atoms with van der Waals surface area (Å²) < 4.78 is 5.02. The number of benzene rings is 1. The first-order chi connectivity index (χ1) is 10.6. The zero-order valence-corrected chi connectivity index (χ0v) is 13.5. The lowest BCUT2D eigenvalue weighted by Crippen LogP contribution is -2.40. The van der Waals surface area contributed by atoms with Crippen LogP contribution in [0.3, 0.4) is 0 Å². The van der Waals surface area contributed by atoms with Gasteiger partial charge < -0.3 is 4.74 Å². The van der Waals surface area contributed by atoms with Gasteiger partial charge in [-0.05, 0) is 60.3 Å². The SMILES string of the molecule is COC(=O)CC12CC3CCCC(c4ccccc4)(CC3C1)C2. The van der Waals surface area contributed by atoms with E-state index >= 15 is 0 Å². The molecule has 3 aliphatic carbocycles. The Bertz CT molecular complexity index is 566. The van der Waals surface area contributed by atoms with Crippen LogP contribution in [-0.4, -0.2) is 13.1 Å². The number of fused-ring (bicyclic) bond motifs is 2. The lowest BCUT2D eigenvalue weighted by atomic mass is 9.58. The molecule has 3 saturated carbocycles. The second kappa shape index (κ2) is 5.11. The van der Waals surface area contributed by atoms with Crippen LogP contribution in [0.4, 0.5) is 0 Å². The van der Waals surface area contributed by atoms with E-state index in [0.717, 1.165) is 11.8 Å². The van der Waals surface area contributed by atoms with Crippen LogP contribution in [-0.2, 0) is 14.9 Å². The predicted molar refractivity (Wildman–Crippen MR) is 86.5 cm³/mol. The van der Waals surface area contributed by atoms with Gasteiger partial charge in [-0.2, -0.15) is 0 Å². The summed E-state index contributed by atoms with van der Waals surface area (Å²) in [6, 6.07) is 11.1. The molecule has 0 N–H and O–H groups in total. The van der Waals surface area contributed by atoms with Crippen LogP contribution in [0.5, 0.6) is 0 Å². The van der Waals surface area contributed by atoms with Gasteiger partial charge in [0.05, 0.1) is 13.5 Å². The second-order valence-corrected chi connectivity index (χ2v) is 8.10. The number of ether oxygens (including phenoxy) is 1. The maximum absolute atomic E-state index is 12.0. The normalized spacial score (nSPS) is 39.5. The maximum atomic E-state index is 12.0. The highest BCUT2D eigenvalue weighted by Gasteiger charge is 2.57. The van der Waals surface area contributed by atoms with Gasteiger partial charge in [-0.15, -0.1) is 0 Å². The highest BCUT2D eigenvalue weighted by molar-refractivity contribution is 5.70. The van der Waals surface area contributed by atoms with E-state index in [1.54, 1.807) is 0 Å². The van der Waals surface area contributed by atoms with Crippen molar-refractivity contribution in [1.29, 1.82) is 0 Å². The van der Waals surface area contributed by atoms with E-state index in [9.17, 15) is 4.79 Å². The van der Waals surface area contributed by atoms with Gasteiger partial charge in [-0.3, -0.25) is 4.79 Å². The van der Waals surface area contributed by atoms with Crippen molar-refractivity contribution in [2.24, 2.45) is 17.3 Å². The average Bonchev–Trinajstić information content (AvgIpc) is 2.69. The Morgan fingerprint density at radius 2 is 1.95 bits per heavy atom. The van der Waals surface area contributed by atoms with E-state index in [4.69, 9.17) is 4.74 Å². The minimum absolute atomic E-state index is 0.0103. The molecule has 22 heavy (non-hydrogen) atoms. The van der Waals surface area contributed by atoms with Crippen molar-refractivity contribution >= 4 is 5.97 Å². The zero-order valence-electron chi connectivity index (χ0n) is 13.5. The minimum atomic E-state index is -0.0103. The molecule has 0 aromatic heterocycles. The van der Waals surface area contributed by atoms with E-state index in [-0.39, 0.29) is 11.4 Å². The molecule has 0 amide bonds. The zero-order chi connectivity index (χ0) is 15.2. The van der Waals surface area contributed by atoms with Crippen molar-refractivity contribution in [1.82, 2.24) is 0 Å². The number of methoxy groups -OCH3 is 1. The van der Waals surface area contributed by atoms with Gasteiger partial charge in [0.1, 0.15) is 0 Å². The molecular weight excluding hydrogens is 272 g/mol. The third-order valence-electron chi connectivity index (χ3n) is 6.79. The van der Waals surface area contributed by atoms with Crippen molar-refractivity contribution < 1.29 is 9.53 Å². The van der Waals surface area contributed by atoms with E-state index in [2.05, 4.69) is 30.3 Å². The summed E-state index contributed by atoms with van der Waals surface area (Å²) in [7, 11) is 1.53. The molecule has 0 heterocycles. The van der Waals surface area contributed by atoms with Crippen molar-refractivity contribution in [3.63, 3.8) is 0 Å².